The van der Waals surface area contributed by atoms with Crippen LogP contribution in [0.25, 0.3) is 0 Å². The first-order chi connectivity index (χ1) is 11.2. The zero-order valence-electron chi connectivity index (χ0n) is 13.6. The molecule has 1 amide bonds. The molecule has 0 atom stereocenters. The average molecular weight is 376 g/mol. The molecule has 1 aromatic carbocycles. The number of aromatic nitrogens is 1. The van der Waals surface area contributed by atoms with E-state index in [2.05, 4.69) is 45.0 Å². The third-order valence-corrected chi connectivity index (χ3v) is 4.15. The number of carbonyl (C=O) groups excluding carboxylic acids is 1. The highest BCUT2D eigenvalue weighted by Gasteiger charge is 2.11. The van der Waals surface area contributed by atoms with E-state index in [-0.39, 0.29) is 5.91 Å². The SMILES string of the molecule is CCCN(CCC)c1ccc(NC(=O)c2ccccc2Br)nc1. The lowest BCUT2D eigenvalue weighted by atomic mass is 10.2. The number of hydrogen-bond acceptors (Lipinski definition) is 3. The van der Waals surface area contributed by atoms with Crippen molar-refractivity contribution >= 4 is 33.3 Å². The predicted octanol–water partition coefficient (Wildman–Crippen LogP) is 4.72. The predicted molar refractivity (Wildman–Crippen MR) is 99.1 cm³/mol. The highest BCUT2D eigenvalue weighted by Crippen LogP contribution is 2.19. The molecule has 1 heterocycles. The molecule has 0 spiro atoms. The number of benzene rings is 1. The third-order valence-electron chi connectivity index (χ3n) is 3.46. The summed E-state index contributed by atoms with van der Waals surface area (Å²) in [5.74, 6) is 0.388. The standard InChI is InChI=1S/C18H22BrN3O/c1-3-11-22(12-4-2)14-9-10-17(20-13-14)21-18(23)15-7-5-6-8-16(15)19/h5-10,13H,3-4,11-12H2,1-2H3,(H,20,21,23). The lowest BCUT2D eigenvalue weighted by Gasteiger charge is -2.23. The molecule has 0 unspecified atom stereocenters. The van der Waals surface area contributed by atoms with Crippen LogP contribution in [-0.4, -0.2) is 24.0 Å². The molecule has 5 heteroatoms. The second-order valence-corrected chi connectivity index (χ2v) is 6.18. The minimum atomic E-state index is -0.170. The van der Waals surface area contributed by atoms with Crippen LogP contribution in [0.15, 0.2) is 47.1 Å². The van der Waals surface area contributed by atoms with Crippen molar-refractivity contribution in [2.45, 2.75) is 26.7 Å². The number of amides is 1. The number of carbonyl (C=O) groups is 1. The van der Waals surface area contributed by atoms with Crippen molar-refractivity contribution in [2.75, 3.05) is 23.3 Å². The van der Waals surface area contributed by atoms with E-state index in [0.29, 0.717) is 11.4 Å². The summed E-state index contributed by atoms with van der Waals surface area (Å²) in [6.45, 7) is 6.36. The first kappa shape index (κ1) is 17.5. The molecule has 4 nitrogen and oxygen atoms in total. The van der Waals surface area contributed by atoms with E-state index in [1.165, 1.54) is 0 Å². The van der Waals surface area contributed by atoms with E-state index in [1.807, 2.05) is 36.5 Å². The molecule has 0 aliphatic rings. The molecular weight excluding hydrogens is 354 g/mol. The fraction of sp³-hybridized carbons (Fsp3) is 0.333. The second kappa shape index (κ2) is 8.67. The fourth-order valence-corrected chi connectivity index (χ4v) is 2.85. The molecule has 1 N–H and O–H groups in total. The molecule has 2 aromatic rings. The van der Waals surface area contributed by atoms with Gasteiger partial charge in [-0.3, -0.25) is 4.79 Å². The van der Waals surface area contributed by atoms with Gasteiger partial charge in [0.05, 0.1) is 17.4 Å². The number of pyridine rings is 1. The molecule has 122 valence electrons. The highest BCUT2D eigenvalue weighted by molar-refractivity contribution is 9.10. The van der Waals surface area contributed by atoms with Gasteiger partial charge in [0.1, 0.15) is 5.82 Å². The summed E-state index contributed by atoms with van der Waals surface area (Å²) in [6.07, 6.45) is 4.02. The fourth-order valence-electron chi connectivity index (χ4n) is 2.39. The van der Waals surface area contributed by atoms with Crippen LogP contribution in [0.4, 0.5) is 11.5 Å². The van der Waals surface area contributed by atoms with Crippen LogP contribution in [0.2, 0.25) is 0 Å². The van der Waals surface area contributed by atoms with Gasteiger partial charge in [-0.2, -0.15) is 0 Å². The minimum Gasteiger partial charge on any atom is -0.370 e. The number of hydrogen-bond donors (Lipinski definition) is 1. The van der Waals surface area contributed by atoms with Crippen LogP contribution >= 0.6 is 15.9 Å². The largest absolute Gasteiger partial charge is 0.370 e. The molecule has 1 aromatic heterocycles. The molecule has 2 rings (SSSR count). The molecule has 0 saturated heterocycles. The van der Waals surface area contributed by atoms with E-state index in [4.69, 9.17) is 0 Å². The number of halogens is 1. The zero-order chi connectivity index (χ0) is 16.7. The maximum absolute atomic E-state index is 12.3. The van der Waals surface area contributed by atoms with E-state index < -0.39 is 0 Å². The number of nitrogens with one attached hydrogen (secondary N) is 1. The third kappa shape index (κ3) is 4.79. The summed E-state index contributed by atoms with van der Waals surface area (Å²) in [4.78, 5) is 18.9. The van der Waals surface area contributed by atoms with Gasteiger partial charge >= 0.3 is 0 Å². The van der Waals surface area contributed by atoms with Crippen LogP contribution in [0.3, 0.4) is 0 Å². The molecule has 0 aliphatic heterocycles. The van der Waals surface area contributed by atoms with Crippen LogP contribution in [0, 0.1) is 0 Å². The van der Waals surface area contributed by atoms with Gasteiger partial charge in [0.2, 0.25) is 0 Å². The Bertz CT molecular complexity index is 637. The lowest BCUT2D eigenvalue weighted by Crippen LogP contribution is -2.25. The molecular formula is C18H22BrN3O. The van der Waals surface area contributed by atoms with Crippen molar-refractivity contribution < 1.29 is 4.79 Å². The van der Waals surface area contributed by atoms with Gasteiger partial charge in [0.25, 0.3) is 5.91 Å². The van der Waals surface area contributed by atoms with Gasteiger partial charge in [0, 0.05) is 17.6 Å². The van der Waals surface area contributed by atoms with Crippen LogP contribution < -0.4 is 10.2 Å². The first-order valence-corrected chi connectivity index (χ1v) is 8.71. The molecule has 0 saturated carbocycles. The summed E-state index contributed by atoms with van der Waals surface area (Å²) in [5, 5.41) is 2.83. The quantitative estimate of drug-likeness (QED) is 0.760. The summed E-state index contributed by atoms with van der Waals surface area (Å²) >= 11 is 3.39. The molecule has 23 heavy (non-hydrogen) atoms. The highest BCUT2D eigenvalue weighted by atomic mass is 79.9. The Morgan fingerprint density at radius 1 is 1.13 bits per heavy atom. The normalized spacial score (nSPS) is 10.4. The lowest BCUT2D eigenvalue weighted by molar-refractivity contribution is 0.102. The van der Waals surface area contributed by atoms with Gasteiger partial charge in [-0.05, 0) is 53.0 Å². The van der Waals surface area contributed by atoms with Gasteiger partial charge < -0.3 is 10.2 Å². The number of nitrogens with zero attached hydrogens (tertiary/aromatic N) is 2. The Kier molecular flexibility index (Phi) is 6.59. The van der Waals surface area contributed by atoms with Crippen LogP contribution in [0.5, 0.6) is 0 Å². The van der Waals surface area contributed by atoms with Crippen LogP contribution in [0.1, 0.15) is 37.0 Å². The second-order valence-electron chi connectivity index (χ2n) is 5.32. The zero-order valence-corrected chi connectivity index (χ0v) is 15.1. The maximum atomic E-state index is 12.3. The topological polar surface area (TPSA) is 45.2 Å². The number of rotatable bonds is 7. The summed E-state index contributed by atoms with van der Waals surface area (Å²) < 4.78 is 0.770. The monoisotopic (exact) mass is 375 g/mol. The molecule has 0 aliphatic carbocycles. The van der Waals surface area contributed by atoms with E-state index in [9.17, 15) is 4.79 Å². The summed E-state index contributed by atoms with van der Waals surface area (Å²) in [7, 11) is 0. The summed E-state index contributed by atoms with van der Waals surface area (Å²) in [5.41, 5.74) is 1.68. The van der Waals surface area contributed by atoms with Crippen molar-refractivity contribution in [3.8, 4) is 0 Å². The molecule has 0 bridgehead atoms. The van der Waals surface area contributed by atoms with Gasteiger partial charge in [0.15, 0.2) is 0 Å². The maximum Gasteiger partial charge on any atom is 0.257 e. The smallest absolute Gasteiger partial charge is 0.257 e. The average Bonchev–Trinajstić information content (AvgIpc) is 2.56. The Morgan fingerprint density at radius 3 is 2.39 bits per heavy atom. The van der Waals surface area contributed by atoms with Gasteiger partial charge in [-0.25, -0.2) is 4.98 Å². The Hall–Kier alpha value is -1.88. The minimum absolute atomic E-state index is 0.170. The molecule has 0 fully saturated rings. The Labute approximate surface area is 146 Å². The Balaban J connectivity index is 2.07. The van der Waals surface area contributed by atoms with Crippen LogP contribution in [-0.2, 0) is 0 Å². The van der Waals surface area contributed by atoms with Crippen molar-refractivity contribution in [1.29, 1.82) is 0 Å². The number of anilines is 2. The van der Waals surface area contributed by atoms with E-state index in [1.54, 1.807) is 6.07 Å². The van der Waals surface area contributed by atoms with Gasteiger partial charge in [-0.1, -0.05) is 26.0 Å². The van der Waals surface area contributed by atoms with Crippen molar-refractivity contribution in [2.24, 2.45) is 0 Å². The van der Waals surface area contributed by atoms with Crippen molar-refractivity contribution in [3.63, 3.8) is 0 Å². The summed E-state index contributed by atoms with van der Waals surface area (Å²) in [6, 6.07) is 11.2. The Morgan fingerprint density at radius 2 is 1.83 bits per heavy atom. The van der Waals surface area contributed by atoms with E-state index >= 15 is 0 Å². The van der Waals surface area contributed by atoms with Crippen molar-refractivity contribution in [1.82, 2.24) is 4.98 Å². The van der Waals surface area contributed by atoms with Gasteiger partial charge in [-0.15, -0.1) is 0 Å². The van der Waals surface area contributed by atoms with Crippen molar-refractivity contribution in [3.05, 3.63) is 52.6 Å². The first-order valence-electron chi connectivity index (χ1n) is 7.92. The van der Waals surface area contributed by atoms with E-state index in [0.717, 1.165) is 36.1 Å². The molecule has 0 radical (unpaired) electrons.